The monoisotopic (exact) mass is 311 g/mol. The number of hydrogen-bond acceptors (Lipinski definition) is 3. The number of rotatable bonds is 1. The smallest absolute Gasteiger partial charge is 0.255 e. The summed E-state index contributed by atoms with van der Waals surface area (Å²) in [5.74, 6) is 0.420. The molecule has 0 saturated carbocycles. The van der Waals surface area contributed by atoms with Crippen molar-refractivity contribution < 1.29 is 4.79 Å². The second-order valence-electron chi connectivity index (χ2n) is 4.83. The van der Waals surface area contributed by atoms with Crippen LogP contribution < -0.4 is 10.5 Å². The van der Waals surface area contributed by atoms with Gasteiger partial charge in [-0.05, 0) is 25.7 Å². The topological polar surface area (TPSA) is 66.1 Å². The van der Waals surface area contributed by atoms with Gasteiger partial charge in [-0.25, -0.2) is 4.98 Å². The average molecular weight is 312 g/mol. The first-order valence-electron chi connectivity index (χ1n) is 6.21. The van der Waals surface area contributed by atoms with E-state index < -0.39 is 0 Å². The molecular formula is C12H14BrN3O2. The molecule has 0 spiro atoms. The number of fused-ring (bicyclic) bond motifs is 1. The second-order valence-corrected chi connectivity index (χ2v) is 6.12. The Kier molecular flexibility index (Phi) is 2.97. The number of nitrogens with one attached hydrogen (secondary N) is 1. The molecule has 18 heavy (non-hydrogen) atoms. The molecule has 1 atom stereocenters. The van der Waals surface area contributed by atoms with Gasteiger partial charge in [-0.1, -0.05) is 15.9 Å². The Hall–Kier alpha value is -1.17. The normalized spacial score (nSPS) is 23.3. The lowest BCUT2D eigenvalue weighted by Gasteiger charge is -2.19. The predicted molar refractivity (Wildman–Crippen MR) is 71.2 cm³/mol. The maximum absolute atomic E-state index is 12.0. The lowest BCUT2D eigenvalue weighted by molar-refractivity contribution is -0.117. The van der Waals surface area contributed by atoms with Crippen LogP contribution in [0.4, 0.5) is 5.95 Å². The summed E-state index contributed by atoms with van der Waals surface area (Å²) < 4.78 is 0. The fourth-order valence-corrected chi connectivity index (χ4v) is 3.15. The van der Waals surface area contributed by atoms with Crippen LogP contribution in [-0.2, 0) is 17.6 Å². The Morgan fingerprint density at radius 2 is 2.06 bits per heavy atom. The maximum atomic E-state index is 12.0. The Balaban J connectivity index is 2.01. The molecule has 1 N–H and O–H groups in total. The Labute approximate surface area is 113 Å². The van der Waals surface area contributed by atoms with Crippen molar-refractivity contribution >= 4 is 27.8 Å². The largest absolute Gasteiger partial charge is 0.292 e. The first kappa shape index (κ1) is 11.9. The maximum Gasteiger partial charge on any atom is 0.255 e. The van der Waals surface area contributed by atoms with Crippen molar-refractivity contribution in [3.8, 4) is 0 Å². The number of carbonyl (C=O) groups is 1. The lowest BCUT2D eigenvalue weighted by atomic mass is 9.97. The van der Waals surface area contributed by atoms with Crippen molar-refractivity contribution in [2.75, 3.05) is 11.4 Å². The van der Waals surface area contributed by atoms with Gasteiger partial charge in [0.2, 0.25) is 11.9 Å². The third-order valence-corrected chi connectivity index (χ3v) is 4.13. The van der Waals surface area contributed by atoms with Crippen LogP contribution in [0.5, 0.6) is 0 Å². The van der Waals surface area contributed by atoms with E-state index in [4.69, 9.17) is 0 Å². The van der Waals surface area contributed by atoms with Crippen molar-refractivity contribution in [1.82, 2.24) is 9.97 Å². The average Bonchev–Trinajstić information content (AvgIpc) is 2.68. The summed E-state index contributed by atoms with van der Waals surface area (Å²) in [5.41, 5.74) is 1.58. The number of H-pyrrole nitrogens is 1. The molecule has 1 fully saturated rings. The molecule has 1 aliphatic carbocycles. The number of aromatic amines is 1. The van der Waals surface area contributed by atoms with Crippen LogP contribution in [-0.4, -0.2) is 27.2 Å². The molecule has 0 bridgehead atoms. The number of halogens is 1. The molecule has 6 heteroatoms. The van der Waals surface area contributed by atoms with E-state index in [9.17, 15) is 9.59 Å². The van der Waals surface area contributed by atoms with E-state index in [-0.39, 0.29) is 16.3 Å². The van der Waals surface area contributed by atoms with Gasteiger partial charge in [-0.15, -0.1) is 0 Å². The first-order valence-corrected chi connectivity index (χ1v) is 7.13. The minimum absolute atomic E-state index is 0.00999. The summed E-state index contributed by atoms with van der Waals surface area (Å²) in [5, 5.41) is 0. The van der Waals surface area contributed by atoms with Gasteiger partial charge in [0.25, 0.3) is 5.56 Å². The highest BCUT2D eigenvalue weighted by Gasteiger charge is 2.31. The molecule has 3 rings (SSSR count). The van der Waals surface area contributed by atoms with Gasteiger partial charge in [0.05, 0.1) is 5.69 Å². The van der Waals surface area contributed by atoms with Gasteiger partial charge in [0.15, 0.2) is 0 Å². The van der Waals surface area contributed by atoms with Crippen LogP contribution in [0.3, 0.4) is 0 Å². The summed E-state index contributed by atoms with van der Waals surface area (Å²) in [6.07, 6.45) is 4.21. The molecule has 1 aliphatic heterocycles. The van der Waals surface area contributed by atoms with Gasteiger partial charge in [0, 0.05) is 23.4 Å². The highest BCUT2D eigenvalue weighted by atomic mass is 79.9. The van der Waals surface area contributed by atoms with Crippen LogP contribution in [0.25, 0.3) is 0 Å². The van der Waals surface area contributed by atoms with Gasteiger partial charge in [-0.2, -0.15) is 0 Å². The summed E-state index contributed by atoms with van der Waals surface area (Å²) in [4.78, 5) is 32.7. The number of hydrogen-bond donors (Lipinski definition) is 1. The van der Waals surface area contributed by atoms with Gasteiger partial charge in [-0.3, -0.25) is 19.5 Å². The molecule has 1 aromatic heterocycles. The van der Waals surface area contributed by atoms with Crippen molar-refractivity contribution in [3.63, 3.8) is 0 Å². The third kappa shape index (κ3) is 1.98. The number of carbonyl (C=O) groups excluding carboxylic acids is 1. The van der Waals surface area contributed by atoms with Crippen molar-refractivity contribution in [2.45, 2.75) is 36.9 Å². The van der Waals surface area contributed by atoms with Crippen LogP contribution >= 0.6 is 15.9 Å². The fourth-order valence-electron chi connectivity index (χ4n) is 2.59. The van der Waals surface area contributed by atoms with Gasteiger partial charge >= 0.3 is 0 Å². The van der Waals surface area contributed by atoms with E-state index in [2.05, 4.69) is 25.9 Å². The van der Waals surface area contributed by atoms with Crippen molar-refractivity contribution in [3.05, 3.63) is 21.6 Å². The molecule has 1 saturated heterocycles. The standard InChI is InChI=1S/C12H14BrN3O2/c13-7-5-10(17)16(6-7)12-14-9-4-2-1-3-8(9)11(18)15-12/h7H,1-6H2,(H,14,15,18). The number of alkyl halides is 1. The molecule has 0 radical (unpaired) electrons. The van der Waals surface area contributed by atoms with E-state index in [1.807, 2.05) is 0 Å². The van der Waals surface area contributed by atoms with Gasteiger partial charge < -0.3 is 0 Å². The number of aromatic nitrogens is 2. The molecule has 2 heterocycles. The number of nitrogens with zero attached hydrogens (tertiary/aromatic N) is 2. The summed E-state index contributed by atoms with van der Waals surface area (Å²) in [6.45, 7) is 0.570. The van der Waals surface area contributed by atoms with E-state index in [1.54, 1.807) is 4.90 Å². The van der Waals surface area contributed by atoms with Crippen molar-refractivity contribution in [2.24, 2.45) is 0 Å². The molecular weight excluding hydrogens is 298 g/mol. The Morgan fingerprint density at radius 3 is 2.78 bits per heavy atom. The number of aryl methyl sites for hydroxylation is 1. The lowest BCUT2D eigenvalue weighted by Crippen LogP contribution is -2.31. The Bertz CT molecular complexity index is 555. The van der Waals surface area contributed by atoms with Crippen LogP contribution in [0.2, 0.25) is 0 Å². The van der Waals surface area contributed by atoms with Crippen LogP contribution in [0.15, 0.2) is 4.79 Å². The fraction of sp³-hybridized carbons (Fsp3) is 0.583. The van der Waals surface area contributed by atoms with Gasteiger partial charge in [0.1, 0.15) is 0 Å². The third-order valence-electron chi connectivity index (χ3n) is 3.51. The molecule has 0 aromatic carbocycles. The minimum Gasteiger partial charge on any atom is -0.292 e. The summed E-state index contributed by atoms with van der Waals surface area (Å²) in [6, 6.07) is 0. The molecule has 1 aromatic rings. The van der Waals surface area contributed by atoms with E-state index in [0.29, 0.717) is 18.9 Å². The summed E-state index contributed by atoms with van der Waals surface area (Å²) >= 11 is 3.43. The van der Waals surface area contributed by atoms with E-state index in [0.717, 1.165) is 36.9 Å². The SMILES string of the molecule is O=C1CC(Br)CN1c1nc2c(c(=O)[nH]1)CCCC2. The molecule has 1 unspecified atom stereocenters. The van der Waals surface area contributed by atoms with Crippen LogP contribution in [0.1, 0.15) is 30.5 Å². The number of anilines is 1. The predicted octanol–water partition coefficient (Wildman–Crippen LogP) is 1.15. The zero-order valence-electron chi connectivity index (χ0n) is 9.91. The zero-order valence-corrected chi connectivity index (χ0v) is 11.5. The molecule has 1 amide bonds. The summed E-state index contributed by atoms with van der Waals surface area (Å²) in [7, 11) is 0. The molecule has 2 aliphatic rings. The molecule has 96 valence electrons. The van der Waals surface area contributed by atoms with E-state index in [1.165, 1.54) is 0 Å². The van der Waals surface area contributed by atoms with Crippen molar-refractivity contribution in [1.29, 1.82) is 0 Å². The Morgan fingerprint density at radius 1 is 1.28 bits per heavy atom. The first-order chi connectivity index (χ1) is 8.65. The zero-order chi connectivity index (χ0) is 12.7. The highest BCUT2D eigenvalue weighted by Crippen LogP contribution is 2.23. The molecule has 5 nitrogen and oxygen atoms in total. The minimum atomic E-state index is -0.0828. The van der Waals surface area contributed by atoms with Crippen LogP contribution in [0, 0.1) is 0 Å². The highest BCUT2D eigenvalue weighted by molar-refractivity contribution is 9.09. The number of amides is 1. The second kappa shape index (κ2) is 4.50. The quantitative estimate of drug-likeness (QED) is 0.791. The van der Waals surface area contributed by atoms with E-state index >= 15 is 0 Å².